The van der Waals surface area contributed by atoms with E-state index in [0.29, 0.717) is 0 Å². The second-order valence-electron chi connectivity index (χ2n) is 3.42. The summed E-state index contributed by atoms with van der Waals surface area (Å²) in [6.45, 7) is 0. The second kappa shape index (κ2) is 4.71. The van der Waals surface area contributed by atoms with Gasteiger partial charge >= 0.3 is 0 Å². The van der Waals surface area contributed by atoms with Gasteiger partial charge in [-0.25, -0.2) is 16.8 Å². The van der Waals surface area contributed by atoms with E-state index in [1.165, 1.54) is 12.1 Å². The van der Waals surface area contributed by atoms with Crippen molar-refractivity contribution in [3.05, 3.63) is 23.2 Å². The number of sulfone groups is 1. The quantitative estimate of drug-likeness (QED) is 0.801. The molecule has 0 amide bonds. The molecule has 96 valence electrons. The number of phenolic OH excluding ortho intramolecular Hbond substituents is 1. The number of halogens is 1. The van der Waals surface area contributed by atoms with Crippen molar-refractivity contribution < 1.29 is 21.9 Å². The zero-order valence-electron chi connectivity index (χ0n) is 8.71. The van der Waals surface area contributed by atoms with Gasteiger partial charge in [-0.3, -0.25) is 4.72 Å². The second-order valence-corrected chi connectivity index (χ2v) is 8.06. The van der Waals surface area contributed by atoms with Gasteiger partial charge in [0.1, 0.15) is 5.75 Å². The van der Waals surface area contributed by atoms with Crippen LogP contribution in [0.3, 0.4) is 0 Å². The van der Waals surface area contributed by atoms with Gasteiger partial charge < -0.3 is 5.11 Å². The summed E-state index contributed by atoms with van der Waals surface area (Å²) in [6, 6.07) is 3.60. The molecule has 0 unspecified atom stereocenters. The average Bonchev–Trinajstić information content (AvgIpc) is 2.05. The molecule has 0 saturated carbocycles. The SMILES string of the molecule is CS(=O)(=O)CS(=O)(=O)Nc1ccc(O)cc1Cl. The maximum Gasteiger partial charge on any atom is 0.247 e. The van der Waals surface area contributed by atoms with E-state index in [0.717, 1.165) is 12.3 Å². The van der Waals surface area contributed by atoms with Crippen molar-refractivity contribution in [1.29, 1.82) is 0 Å². The number of sulfonamides is 1. The summed E-state index contributed by atoms with van der Waals surface area (Å²) in [4.78, 5) is 0. The number of hydrogen-bond donors (Lipinski definition) is 2. The van der Waals surface area contributed by atoms with Crippen LogP contribution in [0.1, 0.15) is 0 Å². The summed E-state index contributed by atoms with van der Waals surface area (Å²) in [5, 5.41) is 8.01. The molecule has 0 aliphatic carbocycles. The van der Waals surface area contributed by atoms with Gasteiger partial charge in [0.25, 0.3) is 0 Å². The Morgan fingerprint density at radius 2 is 1.88 bits per heavy atom. The molecule has 0 spiro atoms. The molecule has 0 aliphatic rings. The zero-order chi connectivity index (χ0) is 13.3. The highest BCUT2D eigenvalue weighted by atomic mass is 35.5. The highest BCUT2D eigenvalue weighted by Crippen LogP contribution is 2.26. The van der Waals surface area contributed by atoms with Gasteiger partial charge in [-0.05, 0) is 12.1 Å². The smallest absolute Gasteiger partial charge is 0.247 e. The first kappa shape index (κ1) is 14.1. The molecular formula is C8H10ClNO5S2. The van der Waals surface area contributed by atoms with E-state index in [9.17, 15) is 16.8 Å². The van der Waals surface area contributed by atoms with Crippen molar-refractivity contribution >= 4 is 37.1 Å². The Kier molecular flexibility index (Phi) is 3.90. The van der Waals surface area contributed by atoms with Crippen LogP contribution in [0.2, 0.25) is 5.02 Å². The summed E-state index contributed by atoms with van der Waals surface area (Å²) in [5.41, 5.74) is 0.00752. The van der Waals surface area contributed by atoms with Crippen molar-refractivity contribution in [3.63, 3.8) is 0 Å². The normalized spacial score (nSPS) is 12.4. The fraction of sp³-hybridized carbons (Fsp3) is 0.250. The Hall–Kier alpha value is -0.990. The highest BCUT2D eigenvalue weighted by molar-refractivity contribution is 8.08. The standard InChI is InChI=1S/C8H10ClNO5S2/c1-16(12,13)5-17(14,15)10-8-3-2-6(11)4-7(8)9/h2-4,10-11H,5H2,1H3. The third-order valence-corrected chi connectivity index (χ3v) is 5.38. The predicted octanol–water partition coefficient (Wildman–Crippen LogP) is 0.789. The van der Waals surface area contributed by atoms with Gasteiger partial charge in [0.15, 0.2) is 14.9 Å². The van der Waals surface area contributed by atoms with Gasteiger partial charge in [0, 0.05) is 12.3 Å². The Morgan fingerprint density at radius 3 is 2.35 bits per heavy atom. The molecule has 0 radical (unpaired) electrons. The third-order valence-electron chi connectivity index (χ3n) is 1.59. The number of hydrogen-bond acceptors (Lipinski definition) is 5. The van der Waals surface area contributed by atoms with Crippen molar-refractivity contribution in [2.24, 2.45) is 0 Å². The lowest BCUT2D eigenvalue weighted by Gasteiger charge is -2.08. The lowest BCUT2D eigenvalue weighted by Crippen LogP contribution is -2.22. The lowest BCUT2D eigenvalue weighted by molar-refractivity contribution is 0.475. The summed E-state index contributed by atoms with van der Waals surface area (Å²) < 4.78 is 46.7. The van der Waals surface area contributed by atoms with Crippen LogP contribution in [-0.4, -0.2) is 33.3 Å². The predicted molar refractivity (Wildman–Crippen MR) is 65.4 cm³/mol. The van der Waals surface area contributed by atoms with E-state index >= 15 is 0 Å². The Balaban J connectivity index is 2.99. The minimum atomic E-state index is -4.03. The van der Waals surface area contributed by atoms with Crippen LogP contribution >= 0.6 is 11.6 Å². The summed E-state index contributed by atoms with van der Waals surface area (Å²) in [5.74, 6) is -0.124. The molecule has 0 atom stereocenters. The monoisotopic (exact) mass is 299 g/mol. The topological polar surface area (TPSA) is 101 Å². The fourth-order valence-electron chi connectivity index (χ4n) is 1.07. The van der Waals surface area contributed by atoms with Crippen LogP contribution in [-0.2, 0) is 19.9 Å². The van der Waals surface area contributed by atoms with Crippen LogP contribution in [0.25, 0.3) is 0 Å². The minimum absolute atomic E-state index is 0.00752. The molecule has 17 heavy (non-hydrogen) atoms. The third kappa shape index (κ3) is 4.80. The van der Waals surface area contributed by atoms with Crippen LogP contribution in [0.4, 0.5) is 5.69 Å². The van der Waals surface area contributed by atoms with Gasteiger partial charge in [-0.1, -0.05) is 11.6 Å². The summed E-state index contributed by atoms with van der Waals surface area (Å²) >= 11 is 5.67. The first-order valence-corrected chi connectivity index (χ1v) is 8.35. The molecule has 1 rings (SSSR count). The molecule has 0 aromatic heterocycles. The van der Waals surface area contributed by atoms with Crippen LogP contribution < -0.4 is 4.72 Å². The molecule has 0 bridgehead atoms. The summed E-state index contributed by atoms with van der Waals surface area (Å²) in [7, 11) is -7.70. The Bertz CT molecular complexity index is 623. The molecule has 0 aliphatic heterocycles. The van der Waals surface area contributed by atoms with Crippen LogP contribution in [0.5, 0.6) is 5.75 Å². The van der Waals surface area contributed by atoms with Crippen LogP contribution in [0, 0.1) is 0 Å². The van der Waals surface area contributed by atoms with Gasteiger partial charge in [-0.15, -0.1) is 0 Å². The van der Waals surface area contributed by atoms with E-state index in [-0.39, 0.29) is 16.5 Å². The number of benzene rings is 1. The lowest BCUT2D eigenvalue weighted by atomic mass is 10.3. The highest BCUT2D eigenvalue weighted by Gasteiger charge is 2.19. The Labute approximate surface area is 104 Å². The number of rotatable bonds is 4. The largest absolute Gasteiger partial charge is 0.508 e. The van der Waals surface area contributed by atoms with Crippen molar-refractivity contribution in [1.82, 2.24) is 0 Å². The van der Waals surface area contributed by atoms with Gasteiger partial charge in [0.05, 0.1) is 10.7 Å². The van der Waals surface area contributed by atoms with E-state index < -0.39 is 24.9 Å². The molecular weight excluding hydrogens is 290 g/mol. The first-order valence-electron chi connectivity index (χ1n) is 4.26. The van der Waals surface area contributed by atoms with Crippen LogP contribution in [0.15, 0.2) is 18.2 Å². The van der Waals surface area contributed by atoms with E-state index in [2.05, 4.69) is 0 Å². The Morgan fingerprint density at radius 1 is 1.29 bits per heavy atom. The molecule has 6 nitrogen and oxygen atoms in total. The molecule has 0 heterocycles. The maximum atomic E-state index is 11.4. The van der Waals surface area contributed by atoms with Crippen molar-refractivity contribution in [2.45, 2.75) is 0 Å². The number of nitrogens with one attached hydrogen (secondary N) is 1. The maximum absolute atomic E-state index is 11.4. The number of anilines is 1. The first-order chi connectivity index (χ1) is 7.59. The summed E-state index contributed by atoms with van der Waals surface area (Å²) in [6.07, 6.45) is 0.810. The van der Waals surface area contributed by atoms with E-state index in [1.807, 2.05) is 4.72 Å². The molecule has 9 heteroatoms. The minimum Gasteiger partial charge on any atom is -0.508 e. The number of phenols is 1. The van der Waals surface area contributed by atoms with Crippen molar-refractivity contribution in [3.8, 4) is 5.75 Å². The zero-order valence-corrected chi connectivity index (χ0v) is 11.1. The van der Waals surface area contributed by atoms with Crippen molar-refractivity contribution in [2.75, 3.05) is 16.1 Å². The fourth-order valence-corrected chi connectivity index (χ4v) is 4.35. The van der Waals surface area contributed by atoms with Gasteiger partial charge in [0.2, 0.25) is 10.0 Å². The molecule has 0 fully saturated rings. The number of aromatic hydroxyl groups is 1. The molecule has 1 aromatic carbocycles. The van der Waals surface area contributed by atoms with Gasteiger partial charge in [-0.2, -0.15) is 0 Å². The average molecular weight is 300 g/mol. The molecule has 2 N–H and O–H groups in total. The molecule has 0 saturated heterocycles. The van der Waals surface area contributed by atoms with E-state index in [1.54, 1.807) is 0 Å². The van der Waals surface area contributed by atoms with E-state index in [4.69, 9.17) is 16.7 Å². The molecule has 1 aromatic rings.